The highest BCUT2D eigenvalue weighted by molar-refractivity contribution is 5.83. The molecule has 32 heavy (non-hydrogen) atoms. The number of aromatic nitrogens is 7. The molecule has 0 spiro atoms. The number of nitrogens with one attached hydrogen (secondary N) is 1. The molecule has 1 aliphatic heterocycles. The van der Waals surface area contributed by atoms with Crippen molar-refractivity contribution in [3.8, 4) is 5.69 Å². The molecule has 0 aliphatic carbocycles. The fourth-order valence-electron chi connectivity index (χ4n) is 4.57. The highest BCUT2D eigenvalue weighted by Gasteiger charge is 2.34. The number of benzene rings is 1. The fourth-order valence-corrected chi connectivity index (χ4v) is 4.57. The van der Waals surface area contributed by atoms with Gasteiger partial charge in [-0.25, -0.2) is 19.5 Å². The largest absolute Gasteiger partial charge is 0.392 e. The summed E-state index contributed by atoms with van der Waals surface area (Å²) in [4.78, 5) is 32.0. The summed E-state index contributed by atoms with van der Waals surface area (Å²) in [5.74, 6) is 1.34. The van der Waals surface area contributed by atoms with Gasteiger partial charge in [0.15, 0.2) is 17.3 Å². The van der Waals surface area contributed by atoms with Gasteiger partial charge in [0.2, 0.25) is 0 Å². The van der Waals surface area contributed by atoms with Crippen molar-refractivity contribution in [2.45, 2.75) is 25.5 Å². The number of aromatic amines is 1. The number of aliphatic hydroxyl groups excluding tert-OH is 1. The molecular weight excluding hydrogens is 408 g/mol. The van der Waals surface area contributed by atoms with E-state index in [2.05, 4.69) is 24.8 Å². The number of hydrogen-bond donors (Lipinski definition) is 2. The molecule has 0 radical (unpaired) electrons. The van der Waals surface area contributed by atoms with Gasteiger partial charge in [0, 0.05) is 18.3 Å². The zero-order chi connectivity index (χ0) is 21.7. The molecular formula is C22H20N8O2. The first-order chi connectivity index (χ1) is 15.8. The number of rotatable bonds is 4. The second-order valence-electron chi connectivity index (χ2n) is 7.78. The van der Waals surface area contributed by atoms with E-state index in [0.29, 0.717) is 28.1 Å². The second-order valence-corrected chi connectivity index (χ2v) is 7.78. The molecule has 2 N–H and O–H groups in total. The average Bonchev–Trinajstić information content (AvgIpc) is 3.58. The predicted molar refractivity (Wildman–Crippen MR) is 118 cm³/mol. The van der Waals surface area contributed by atoms with Gasteiger partial charge < -0.3 is 15.0 Å². The summed E-state index contributed by atoms with van der Waals surface area (Å²) in [6, 6.07) is 11.0. The Kier molecular flexibility index (Phi) is 4.25. The van der Waals surface area contributed by atoms with E-state index >= 15 is 0 Å². The number of anilines is 1. The molecule has 0 unspecified atom stereocenters. The molecule has 4 aromatic heterocycles. The first-order valence-electron chi connectivity index (χ1n) is 10.5. The zero-order valence-corrected chi connectivity index (χ0v) is 17.1. The number of imidazole rings is 1. The van der Waals surface area contributed by atoms with Crippen molar-refractivity contribution >= 4 is 22.5 Å². The van der Waals surface area contributed by atoms with Gasteiger partial charge in [-0.15, -0.1) is 0 Å². The normalized spacial score (nSPS) is 16.4. The summed E-state index contributed by atoms with van der Waals surface area (Å²) in [6.07, 6.45) is 6.59. The van der Waals surface area contributed by atoms with Crippen LogP contribution in [0.25, 0.3) is 22.4 Å². The summed E-state index contributed by atoms with van der Waals surface area (Å²) in [5, 5.41) is 14.6. The molecule has 10 nitrogen and oxygen atoms in total. The Morgan fingerprint density at radius 2 is 2.00 bits per heavy atom. The van der Waals surface area contributed by atoms with Gasteiger partial charge in [0.1, 0.15) is 17.4 Å². The van der Waals surface area contributed by atoms with Crippen LogP contribution in [0, 0.1) is 0 Å². The number of H-pyrrole nitrogens is 1. The number of aliphatic hydroxyl groups is 1. The summed E-state index contributed by atoms with van der Waals surface area (Å²) >= 11 is 0. The molecule has 6 rings (SSSR count). The summed E-state index contributed by atoms with van der Waals surface area (Å²) in [6.45, 7) is 0.537. The molecule has 1 aliphatic rings. The van der Waals surface area contributed by atoms with E-state index in [4.69, 9.17) is 5.10 Å². The van der Waals surface area contributed by atoms with Crippen LogP contribution in [-0.2, 0) is 6.61 Å². The smallest absolute Gasteiger partial charge is 0.282 e. The summed E-state index contributed by atoms with van der Waals surface area (Å²) < 4.78 is 3.23. The van der Waals surface area contributed by atoms with Crippen LogP contribution >= 0.6 is 0 Å². The van der Waals surface area contributed by atoms with Gasteiger partial charge in [0.25, 0.3) is 5.56 Å². The van der Waals surface area contributed by atoms with Crippen LogP contribution in [0.1, 0.15) is 30.3 Å². The van der Waals surface area contributed by atoms with Crippen LogP contribution in [-0.4, -0.2) is 45.8 Å². The Bertz CT molecular complexity index is 1490. The first-order valence-corrected chi connectivity index (χ1v) is 10.5. The third-order valence-corrected chi connectivity index (χ3v) is 6.00. The lowest BCUT2D eigenvalue weighted by Gasteiger charge is -2.27. The van der Waals surface area contributed by atoms with Gasteiger partial charge in [-0.05, 0) is 31.0 Å². The van der Waals surface area contributed by atoms with Crippen molar-refractivity contribution in [3.05, 3.63) is 77.0 Å². The monoisotopic (exact) mass is 428 g/mol. The van der Waals surface area contributed by atoms with E-state index in [-0.39, 0.29) is 18.2 Å². The van der Waals surface area contributed by atoms with E-state index in [1.807, 2.05) is 30.3 Å². The minimum atomic E-state index is -0.227. The lowest BCUT2D eigenvalue weighted by atomic mass is 10.2. The number of para-hydroxylation sites is 1. The Labute approximate surface area is 181 Å². The van der Waals surface area contributed by atoms with Crippen molar-refractivity contribution in [1.29, 1.82) is 0 Å². The van der Waals surface area contributed by atoms with E-state index in [1.54, 1.807) is 27.7 Å². The summed E-state index contributed by atoms with van der Waals surface area (Å²) in [7, 11) is 0. The maximum absolute atomic E-state index is 13.7. The molecule has 160 valence electrons. The third-order valence-electron chi connectivity index (χ3n) is 6.00. The van der Waals surface area contributed by atoms with E-state index < -0.39 is 0 Å². The molecule has 0 saturated carbocycles. The Hall–Kier alpha value is -4.05. The van der Waals surface area contributed by atoms with E-state index in [9.17, 15) is 9.90 Å². The van der Waals surface area contributed by atoms with Crippen LogP contribution < -0.4 is 10.5 Å². The first kappa shape index (κ1) is 18.7. The molecule has 5 aromatic rings. The van der Waals surface area contributed by atoms with E-state index in [0.717, 1.165) is 30.9 Å². The fraction of sp³-hybridized carbons (Fsp3) is 0.227. The third kappa shape index (κ3) is 2.73. The maximum Gasteiger partial charge on any atom is 0.282 e. The van der Waals surface area contributed by atoms with Crippen LogP contribution in [0.5, 0.6) is 0 Å². The molecule has 0 bridgehead atoms. The molecule has 1 atom stereocenters. The summed E-state index contributed by atoms with van der Waals surface area (Å²) in [5.41, 5.74) is 2.80. The SMILES string of the molecule is O=c1c2c(CO)ccn2nc([C@@H]2CCCN2c2ncnc3[nH]cnc23)n1-c1ccccc1. The average molecular weight is 428 g/mol. The zero-order valence-electron chi connectivity index (χ0n) is 17.1. The van der Waals surface area contributed by atoms with Crippen LogP contribution in [0.4, 0.5) is 5.82 Å². The van der Waals surface area contributed by atoms with Crippen LogP contribution in [0.15, 0.2) is 60.0 Å². The van der Waals surface area contributed by atoms with Gasteiger partial charge in [-0.1, -0.05) is 18.2 Å². The van der Waals surface area contributed by atoms with Gasteiger partial charge in [-0.2, -0.15) is 5.10 Å². The van der Waals surface area contributed by atoms with Crippen molar-refractivity contribution in [1.82, 2.24) is 34.1 Å². The Morgan fingerprint density at radius 1 is 1.12 bits per heavy atom. The number of hydrogen-bond acceptors (Lipinski definition) is 7. The maximum atomic E-state index is 13.7. The second kappa shape index (κ2) is 7.27. The Morgan fingerprint density at radius 3 is 2.84 bits per heavy atom. The van der Waals surface area contributed by atoms with Crippen molar-refractivity contribution in [2.24, 2.45) is 0 Å². The molecule has 0 amide bonds. The minimum Gasteiger partial charge on any atom is -0.392 e. The minimum absolute atomic E-state index is 0.179. The molecule has 1 saturated heterocycles. The standard InChI is InChI=1S/C22H20N8O2/c31-11-14-8-10-29-18(14)22(32)30(15-5-2-1-3-6-15)20(27-29)16-7-4-9-28(16)21-17-19(24-12-23-17)25-13-26-21/h1-3,5-6,8,10,12-13,16,31H,4,7,9,11H2,(H,23,24,25,26)/t16-/m0/s1. The number of fused-ring (bicyclic) bond motifs is 2. The van der Waals surface area contributed by atoms with Gasteiger partial charge in [-0.3, -0.25) is 9.36 Å². The van der Waals surface area contributed by atoms with Crippen LogP contribution in [0.2, 0.25) is 0 Å². The molecule has 10 heteroatoms. The van der Waals surface area contributed by atoms with E-state index in [1.165, 1.54) is 6.33 Å². The van der Waals surface area contributed by atoms with Crippen molar-refractivity contribution in [3.63, 3.8) is 0 Å². The van der Waals surface area contributed by atoms with Crippen molar-refractivity contribution in [2.75, 3.05) is 11.4 Å². The molecule has 1 fully saturated rings. The van der Waals surface area contributed by atoms with Gasteiger partial charge >= 0.3 is 0 Å². The lowest BCUT2D eigenvalue weighted by molar-refractivity contribution is 0.283. The number of nitrogens with zero attached hydrogens (tertiary/aromatic N) is 7. The predicted octanol–water partition coefficient (Wildman–Crippen LogP) is 1.99. The molecule has 5 heterocycles. The van der Waals surface area contributed by atoms with Crippen LogP contribution in [0.3, 0.4) is 0 Å². The van der Waals surface area contributed by atoms with Gasteiger partial charge in [0.05, 0.1) is 24.7 Å². The quantitative estimate of drug-likeness (QED) is 0.449. The topological polar surface area (TPSA) is 117 Å². The highest BCUT2D eigenvalue weighted by Crippen LogP contribution is 2.36. The van der Waals surface area contributed by atoms with Crippen molar-refractivity contribution < 1.29 is 5.11 Å². The highest BCUT2D eigenvalue weighted by atomic mass is 16.3. The lowest BCUT2D eigenvalue weighted by Crippen LogP contribution is -2.33. The molecule has 1 aromatic carbocycles. The Balaban J connectivity index is 1.60.